The van der Waals surface area contributed by atoms with Gasteiger partial charge in [0.05, 0.1) is 10.8 Å². The van der Waals surface area contributed by atoms with Crippen molar-refractivity contribution in [3.8, 4) is 0 Å². The molecule has 1 amide bonds. The van der Waals surface area contributed by atoms with E-state index in [1.54, 1.807) is 0 Å². The molecular formula is C17H21FN2O5S. The largest absolute Gasteiger partial charge is 0.480 e. The van der Waals surface area contributed by atoms with Crippen LogP contribution in [0.2, 0.25) is 0 Å². The van der Waals surface area contributed by atoms with Gasteiger partial charge in [-0.3, -0.25) is 4.79 Å². The number of rotatable bonds is 5. The highest BCUT2D eigenvalue weighted by molar-refractivity contribution is 7.89. The molecule has 1 aliphatic heterocycles. The van der Waals surface area contributed by atoms with E-state index in [2.05, 4.69) is 5.32 Å². The highest BCUT2D eigenvalue weighted by Crippen LogP contribution is 2.33. The van der Waals surface area contributed by atoms with Crippen LogP contribution in [0.4, 0.5) is 4.39 Å². The van der Waals surface area contributed by atoms with E-state index in [-0.39, 0.29) is 18.0 Å². The van der Waals surface area contributed by atoms with Gasteiger partial charge < -0.3 is 10.4 Å². The summed E-state index contributed by atoms with van der Waals surface area (Å²) in [6.45, 7) is 0.259. The number of hydrogen-bond donors (Lipinski definition) is 2. The Balaban J connectivity index is 1.71. The second kappa shape index (κ2) is 6.96. The molecule has 142 valence electrons. The summed E-state index contributed by atoms with van der Waals surface area (Å²) in [5, 5.41) is 11.9. The minimum atomic E-state index is -3.83. The van der Waals surface area contributed by atoms with Gasteiger partial charge in [-0.15, -0.1) is 0 Å². The molecule has 9 heteroatoms. The van der Waals surface area contributed by atoms with Gasteiger partial charge in [-0.1, -0.05) is 0 Å². The number of aliphatic carboxylic acids is 1. The number of amides is 1. The minimum Gasteiger partial charge on any atom is -0.480 e. The molecule has 1 saturated carbocycles. The Hall–Kier alpha value is -2.00. The van der Waals surface area contributed by atoms with E-state index in [1.807, 2.05) is 0 Å². The molecule has 0 aromatic heterocycles. The lowest BCUT2D eigenvalue weighted by atomic mass is 9.76. The molecule has 1 saturated heterocycles. The fourth-order valence-electron chi connectivity index (χ4n) is 3.39. The van der Waals surface area contributed by atoms with E-state index in [9.17, 15) is 27.5 Å². The summed E-state index contributed by atoms with van der Waals surface area (Å²) in [6.07, 6.45) is 2.51. The van der Waals surface area contributed by atoms with Gasteiger partial charge in [0.25, 0.3) is 0 Å². The van der Waals surface area contributed by atoms with E-state index < -0.39 is 39.2 Å². The predicted octanol–water partition coefficient (Wildman–Crippen LogP) is 1.35. The summed E-state index contributed by atoms with van der Waals surface area (Å²) in [6, 6.07) is 4.55. The van der Waals surface area contributed by atoms with Crippen molar-refractivity contribution in [1.29, 1.82) is 0 Å². The van der Waals surface area contributed by atoms with Crippen molar-refractivity contribution >= 4 is 21.9 Å². The fourth-order valence-corrected chi connectivity index (χ4v) is 4.91. The number of carbonyl (C=O) groups excluding carboxylic acids is 1. The number of carbonyl (C=O) groups is 2. The highest BCUT2D eigenvalue weighted by Gasteiger charge is 2.47. The van der Waals surface area contributed by atoms with E-state index in [0.717, 1.165) is 18.6 Å². The third kappa shape index (κ3) is 3.45. The van der Waals surface area contributed by atoms with Crippen LogP contribution < -0.4 is 5.32 Å². The normalized spacial score (nSPS) is 23.0. The molecule has 1 aromatic carbocycles. The number of carboxylic acid groups (broad SMARTS) is 1. The Bertz CT molecular complexity index is 805. The average Bonchev–Trinajstić information content (AvgIpc) is 2.58. The smallest absolute Gasteiger partial charge is 0.329 e. The number of piperidine rings is 1. The Morgan fingerprint density at radius 2 is 1.85 bits per heavy atom. The van der Waals surface area contributed by atoms with Crippen molar-refractivity contribution in [2.75, 3.05) is 13.1 Å². The van der Waals surface area contributed by atoms with Crippen LogP contribution in [0.1, 0.15) is 32.1 Å². The predicted molar refractivity (Wildman–Crippen MR) is 90.2 cm³/mol. The maximum atomic E-state index is 13.0. The summed E-state index contributed by atoms with van der Waals surface area (Å²) >= 11 is 0. The first kappa shape index (κ1) is 18.8. The Labute approximate surface area is 151 Å². The van der Waals surface area contributed by atoms with Crippen LogP contribution in [0.3, 0.4) is 0 Å². The van der Waals surface area contributed by atoms with Gasteiger partial charge in [0.1, 0.15) is 11.4 Å². The van der Waals surface area contributed by atoms with Crippen LogP contribution >= 0.6 is 0 Å². The molecule has 1 aliphatic carbocycles. The first-order valence-corrected chi connectivity index (χ1v) is 10.00. The van der Waals surface area contributed by atoms with Crippen molar-refractivity contribution in [3.63, 3.8) is 0 Å². The van der Waals surface area contributed by atoms with Crippen LogP contribution in [0, 0.1) is 11.7 Å². The minimum absolute atomic E-state index is 0.0127. The summed E-state index contributed by atoms with van der Waals surface area (Å²) in [7, 11) is -3.83. The van der Waals surface area contributed by atoms with E-state index in [1.165, 1.54) is 16.4 Å². The number of benzene rings is 1. The van der Waals surface area contributed by atoms with Gasteiger partial charge in [0.2, 0.25) is 15.9 Å². The van der Waals surface area contributed by atoms with Crippen LogP contribution in [-0.4, -0.2) is 48.3 Å². The first-order valence-electron chi connectivity index (χ1n) is 8.56. The van der Waals surface area contributed by atoms with E-state index in [0.29, 0.717) is 25.7 Å². The second-order valence-corrected chi connectivity index (χ2v) is 8.82. The number of sulfonamides is 1. The van der Waals surface area contributed by atoms with Crippen LogP contribution in [-0.2, 0) is 19.6 Å². The van der Waals surface area contributed by atoms with Crippen molar-refractivity contribution in [2.45, 2.75) is 42.5 Å². The Morgan fingerprint density at radius 1 is 1.19 bits per heavy atom. The molecule has 3 rings (SSSR count). The maximum absolute atomic E-state index is 13.0. The molecule has 0 bridgehead atoms. The summed E-state index contributed by atoms with van der Waals surface area (Å²) in [5.74, 6) is -2.61. The lowest BCUT2D eigenvalue weighted by Gasteiger charge is -2.40. The Morgan fingerprint density at radius 3 is 2.38 bits per heavy atom. The van der Waals surface area contributed by atoms with Crippen molar-refractivity contribution in [2.24, 2.45) is 5.92 Å². The third-order valence-corrected chi connectivity index (χ3v) is 7.06. The van der Waals surface area contributed by atoms with Crippen molar-refractivity contribution < 1.29 is 27.5 Å². The van der Waals surface area contributed by atoms with Gasteiger partial charge in [-0.2, -0.15) is 4.31 Å². The molecular weight excluding hydrogens is 363 g/mol. The lowest BCUT2D eigenvalue weighted by Crippen LogP contribution is -2.61. The zero-order chi connectivity index (χ0) is 18.9. The number of nitrogens with zero attached hydrogens (tertiary/aromatic N) is 1. The van der Waals surface area contributed by atoms with Gasteiger partial charge >= 0.3 is 5.97 Å². The maximum Gasteiger partial charge on any atom is 0.329 e. The van der Waals surface area contributed by atoms with Gasteiger partial charge in [0, 0.05) is 13.1 Å². The summed E-state index contributed by atoms with van der Waals surface area (Å²) in [4.78, 5) is 23.9. The molecule has 0 spiro atoms. The van der Waals surface area contributed by atoms with Crippen molar-refractivity contribution in [3.05, 3.63) is 30.1 Å². The van der Waals surface area contributed by atoms with E-state index in [4.69, 9.17) is 0 Å². The quantitative estimate of drug-likeness (QED) is 0.798. The standard InChI is InChI=1S/C17H21FN2O5S/c18-13-4-6-14(7-5-13)26(24,25)20-10-1-3-12(11-20)15(21)19-17(16(22)23)8-2-9-17/h4-7,12H,1-3,8-11H2,(H,19,21)(H,22,23). The molecule has 0 radical (unpaired) electrons. The Kier molecular flexibility index (Phi) is 5.03. The monoisotopic (exact) mass is 384 g/mol. The SMILES string of the molecule is O=C(NC1(C(=O)O)CCC1)C1CCCN(S(=O)(=O)c2ccc(F)cc2)C1. The molecule has 1 unspecified atom stereocenters. The van der Waals surface area contributed by atoms with Crippen LogP contribution in [0.5, 0.6) is 0 Å². The molecule has 26 heavy (non-hydrogen) atoms. The molecule has 2 fully saturated rings. The molecule has 2 N–H and O–H groups in total. The highest BCUT2D eigenvalue weighted by atomic mass is 32.2. The summed E-state index contributed by atoms with van der Waals surface area (Å²) < 4.78 is 39.7. The topological polar surface area (TPSA) is 104 Å². The lowest BCUT2D eigenvalue weighted by molar-refractivity contribution is -0.152. The van der Waals surface area contributed by atoms with Crippen LogP contribution in [0.25, 0.3) is 0 Å². The fraction of sp³-hybridized carbons (Fsp3) is 0.529. The average molecular weight is 384 g/mol. The zero-order valence-electron chi connectivity index (χ0n) is 14.2. The van der Waals surface area contributed by atoms with E-state index >= 15 is 0 Å². The van der Waals surface area contributed by atoms with Crippen LogP contribution in [0.15, 0.2) is 29.2 Å². The molecule has 2 aliphatic rings. The van der Waals surface area contributed by atoms with Crippen molar-refractivity contribution in [1.82, 2.24) is 9.62 Å². The number of hydrogen-bond acceptors (Lipinski definition) is 4. The molecule has 1 heterocycles. The third-order valence-electron chi connectivity index (χ3n) is 5.19. The van der Waals surface area contributed by atoms with Gasteiger partial charge in [-0.05, 0) is 56.4 Å². The zero-order valence-corrected chi connectivity index (χ0v) is 15.0. The molecule has 7 nitrogen and oxygen atoms in total. The second-order valence-electron chi connectivity index (χ2n) is 6.89. The molecule has 1 atom stereocenters. The summed E-state index contributed by atoms with van der Waals surface area (Å²) in [5.41, 5.74) is -1.21. The number of halogens is 1. The number of nitrogens with one attached hydrogen (secondary N) is 1. The molecule has 1 aromatic rings. The number of carboxylic acids is 1. The first-order chi connectivity index (χ1) is 12.2. The van der Waals surface area contributed by atoms with Gasteiger partial charge in [0.15, 0.2) is 0 Å². The van der Waals surface area contributed by atoms with Gasteiger partial charge in [-0.25, -0.2) is 17.6 Å².